The molecule has 1 N–H and O–H groups in total. The minimum absolute atomic E-state index is 0.0968. The van der Waals surface area contributed by atoms with E-state index in [1.807, 2.05) is 18.2 Å². The van der Waals surface area contributed by atoms with Crippen molar-refractivity contribution in [2.24, 2.45) is 0 Å². The topological polar surface area (TPSA) is 45.1 Å². The largest absolute Gasteiger partial charge is 0.360 e. The quantitative estimate of drug-likeness (QED) is 0.830. The predicted molar refractivity (Wildman–Crippen MR) is 102 cm³/mol. The number of imide groups is 1. The molecule has 2 saturated heterocycles. The van der Waals surface area contributed by atoms with E-state index < -0.39 is 0 Å². The molecule has 134 valence electrons. The number of quaternary nitrogens is 1. The Balaban J connectivity index is 1.44. The van der Waals surface area contributed by atoms with E-state index in [1.54, 1.807) is 24.3 Å². The summed E-state index contributed by atoms with van der Waals surface area (Å²) >= 11 is 5.91. The highest BCUT2D eigenvalue weighted by molar-refractivity contribution is 6.30. The van der Waals surface area contributed by atoms with Crippen molar-refractivity contribution in [2.45, 2.75) is 12.5 Å². The minimum atomic E-state index is -0.281. The van der Waals surface area contributed by atoms with E-state index in [1.165, 1.54) is 15.5 Å². The van der Waals surface area contributed by atoms with Crippen LogP contribution in [0, 0.1) is 0 Å². The van der Waals surface area contributed by atoms with Gasteiger partial charge < -0.3 is 9.80 Å². The van der Waals surface area contributed by atoms with Gasteiger partial charge in [0.25, 0.3) is 5.91 Å². The van der Waals surface area contributed by atoms with Crippen LogP contribution in [-0.4, -0.2) is 44.0 Å². The highest BCUT2D eigenvalue weighted by Crippen LogP contribution is 2.24. The number of rotatable bonds is 3. The van der Waals surface area contributed by atoms with Crippen LogP contribution in [0.25, 0.3) is 0 Å². The van der Waals surface area contributed by atoms with Gasteiger partial charge in [-0.05, 0) is 36.4 Å². The van der Waals surface area contributed by atoms with E-state index in [4.69, 9.17) is 11.6 Å². The first-order valence-electron chi connectivity index (χ1n) is 8.90. The third-order valence-corrected chi connectivity index (χ3v) is 5.50. The average molecular weight is 371 g/mol. The molecule has 2 fully saturated rings. The van der Waals surface area contributed by atoms with Crippen LogP contribution in [0.1, 0.15) is 6.42 Å². The highest BCUT2D eigenvalue weighted by atomic mass is 35.5. The Bertz CT molecular complexity index is 802. The zero-order chi connectivity index (χ0) is 18.1. The van der Waals surface area contributed by atoms with Crippen molar-refractivity contribution in [3.63, 3.8) is 0 Å². The third kappa shape index (κ3) is 3.20. The molecule has 2 amide bonds. The standard InChI is InChI=1S/C20H20ClN3O2/c21-15-6-8-17(9-7-15)24-19(25)14-18(20(24)26)23-12-10-22(11-13-23)16-4-2-1-3-5-16/h1-9,18H,10-14H2/p+1/t18-/m0/s1. The fourth-order valence-electron chi connectivity index (χ4n) is 3.85. The molecule has 0 aliphatic carbocycles. The zero-order valence-corrected chi connectivity index (χ0v) is 15.2. The van der Waals surface area contributed by atoms with Gasteiger partial charge in [-0.1, -0.05) is 29.8 Å². The lowest BCUT2D eigenvalue weighted by Crippen LogP contribution is -3.19. The normalized spacial score (nSPS) is 21.5. The van der Waals surface area contributed by atoms with Gasteiger partial charge in [0.1, 0.15) is 0 Å². The molecule has 0 bridgehead atoms. The summed E-state index contributed by atoms with van der Waals surface area (Å²) in [6.45, 7) is 3.48. The summed E-state index contributed by atoms with van der Waals surface area (Å²) in [4.78, 5) is 30.2. The Morgan fingerprint density at radius 3 is 2.19 bits per heavy atom. The first-order chi connectivity index (χ1) is 12.6. The maximum atomic E-state index is 12.9. The maximum absolute atomic E-state index is 12.9. The van der Waals surface area contributed by atoms with Crippen molar-refractivity contribution in [2.75, 3.05) is 36.0 Å². The lowest BCUT2D eigenvalue weighted by atomic mass is 10.1. The van der Waals surface area contributed by atoms with Crippen LogP contribution in [0.5, 0.6) is 0 Å². The van der Waals surface area contributed by atoms with E-state index >= 15 is 0 Å². The number of carbonyl (C=O) groups excluding carboxylic acids is 2. The molecule has 0 spiro atoms. The number of hydrogen-bond donors (Lipinski definition) is 1. The number of amides is 2. The second-order valence-corrected chi connectivity index (χ2v) is 7.22. The number of para-hydroxylation sites is 1. The molecule has 0 radical (unpaired) electrons. The van der Waals surface area contributed by atoms with E-state index in [0.717, 1.165) is 26.2 Å². The monoisotopic (exact) mass is 370 g/mol. The number of halogens is 1. The molecule has 6 heteroatoms. The van der Waals surface area contributed by atoms with E-state index in [0.29, 0.717) is 10.7 Å². The number of piperazine rings is 1. The number of anilines is 2. The molecule has 2 aromatic carbocycles. The molecule has 0 aromatic heterocycles. The maximum Gasteiger partial charge on any atom is 0.292 e. The molecule has 2 heterocycles. The van der Waals surface area contributed by atoms with Gasteiger partial charge in [-0.25, -0.2) is 4.90 Å². The third-order valence-electron chi connectivity index (χ3n) is 5.25. The van der Waals surface area contributed by atoms with Crippen LogP contribution in [0.2, 0.25) is 5.02 Å². The van der Waals surface area contributed by atoms with Crippen molar-refractivity contribution in [3.8, 4) is 0 Å². The Hall–Kier alpha value is -2.37. The molecule has 2 aliphatic rings. The molecule has 26 heavy (non-hydrogen) atoms. The molecule has 2 aromatic rings. The summed E-state index contributed by atoms with van der Waals surface area (Å²) in [5.41, 5.74) is 1.82. The molecular formula is C20H21ClN3O2+. The van der Waals surface area contributed by atoms with Gasteiger partial charge in [0.2, 0.25) is 5.91 Å². The second kappa shape index (κ2) is 7.09. The Kier molecular flexibility index (Phi) is 4.66. The molecular weight excluding hydrogens is 350 g/mol. The van der Waals surface area contributed by atoms with Crippen molar-refractivity contribution in [1.29, 1.82) is 0 Å². The number of nitrogens with one attached hydrogen (secondary N) is 1. The smallest absolute Gasteiger partial charge is 0.292 e. The Labute approximate surface area is 157 Å². The molecule has 0 saturated carbocycles. The van der Waals surface area contributed by atoms with Gasteiger partial charge in [0, 0.05) is 10.7 Å². The van der Waals surface area contributed by atoms with Crippen LogP contribution in [-0.2, 0) is 9.59 Å². The van der Waals surface area contributed by atoms with E-state index in [2.05, 4.69) is 17.0 Å². The van der Waals surface area contributed by atoms with Crippen molar-refractivity contribution in [1.82, 2.24) is 0 Å². The fraction of sp³-hybridized carbons (Fsp3) is 0.300. The number of carbonyl (C=O) groups is 2. The highest BCUT2D eigenvalue weighted by Gasteiger charge is 2.46. The average Bonchev–Trinajstić information content (AvgIpc) is 2.98. The molecule has 4 rings (SSSR count). The van der Waals surface area contributed by atoms with Gasteiger partial charge in [0.05, 0.1) is 38.3 Å². The van der Waals surface area contributed by atoms with Gasteiger partial charge in [-0.3, -0.25) is 9.59 Å². The van der Waals surface area contributed by atoms with Crippen LogP contribution < -0.4 is 14.7 Å². The van der Waals surface area contributed by atoms with Gasteiger partial charge in [-0.2, -0.15) is 0 Å². The van der Waals surface area contributed by atoms with Crippen LogP contribution in [0.15, 0.2) is 54.6 Å². The predicted octanol–water partition coefficient (Wildman–Crippen LogP) is 1.38. The van der Waals surface area contributed by atoms with Gasteiger partial charge in [0.15, 0.2) is 6.04 Å². The first-order valence-corrected chi connectivity index (χ1v) is 9.28. The summed E-state index contributed by atoms with van der Waals surface area (Å²) < 4.78 is 0. The van der Waals surface area contributed by atoms with Crippen LogP contribution in [0.4, 0.5) is 11.4 Å². The summed E-state index contributed by atoms with van der Waals surface area (Å²) in [5, 5.41) is 0.590. The summed E-state index contributed by atoms with van der Waals surface area (Å²) in [7, 11) is 0. The van der Waals surface area contributed by atoms with E-state index in [9.17, 15) is 9.59 Å². The van der Waals surface area contributed by atoms with Crippen LogP contribution >= 0.6 is 11.6 Å². The number of nitrogens with zero attached hydrogens (tertiary/aromatic N) is 2. The van der Waals surface area contributed by atoms with E-state index in [-0.39, 0.29) is 24.3 Å². The van der Waals surface area contributed by atoms with Crippen LogP contribution in [0.3, 0.4) is 0 Å². The molecule has 2 aliphatic heterocycles. The van der Waals surface area contributed by atoms with Crippen molar-refractivity contribution in [3.05, 3.63) is 59.6 Å². The SMILES string of the molecule is O=C1C[C@H]([NH+]2CCN(c3ccccc3)CC2)C(=O)N1c1ccc(Cl)cc1. The minimum Gasteiger partial charge on any atom is -0.360 e. The van der Waals surface area contributed by atoms with Gasteiger partial charge >= 0.3 is 0 Å². The summed E-state index contributed by atoms with van der Waals surface area (Å²) in [6, 6.07) is 16.9. The molecule has 1 atom stereocenters. The fourth-order valence-corrected chi connectivity index (χ4v) is 3.98. The lowest BCUT2D eigenvalue weighted by Gasteiger charge is -2.35. The Morgan fingerprint density at radius 2 is 1.54 bits per heavy atom. The van der Waals surface area contributed by atoms with Crippen molar-refractivity contribution < 1.29 is 14.5 Å². The summed E-state index contributed by atoms with van der Waals surface area (Å²) in [5.74, 6) is -0.221. The second-order valence-electron chi connectivity index (χ2n) is 6.78. The number of hydrogen-bond acceptors (Lipinski definition) is 3. The zero-order valence-electron chi connectivity index (χ0n) is 14.4. The van der Waals surface area contributed by atoms with Crippen molar-refractivity contribution >= 4 is 34.8 Å². The molecule has 5 nitrogen and oxygen atoms in total. The number of benzene rings is 2. The Morgan fingerprint density at radius 1 is 0.885 bits per heavy atom. The first kappa shape index (κ1) is 17.1. The molecule has 0 unspecified atom stereocenters. The summed E-state index contributed by atoms with van der Waals surface area (Å²) in [6.07, 6.45) is 0.280. The van der Waals surface area contributed by atoms with Gasteiger partial charge in [-0.15, -0.1) is 0 Å². The lowest BCUT2D eigenvalue weighted by molar-refractivity contribution is -0.915.